The number of fused-ring (bicyclic) bond motifs is 1. The van der Waals surface area contributed by atoms with Crippen LogP contribution in [0.3, 0.4) is 0 Å². The molecule has 28 heavy (non-hydrogen) atoms. The molecule has 1 aliphatic carbocycles. The summed E-state index contributed by atoms with van der Waals surface area (Å²) in [6.07, 6.45) is -3.22. The Morgan fingerprint density at radius 3 is 2.75 bits per heavy atom. The third-order valence-corrected chi connectivity index (χ3v) is 5.65. The number of anilines is 1. The van der Waals surface area contributed by atoms with E-state index in [-0.39, 0.29) is 44.4 Å². The smallest absolute Gasteiger partial charge is 0.391 e. The molecule has 2 aliphatic heterocycles. The number of ether oxygens (including phenoxy) is 2. The van der Waals surface area contributed by atoms with Gasteiger partial charge in [0.1, 0.15) is 0 Å². The number of nitrogens with one attached hydrogen (secondary N) is 1. The van der Waals surface area contributed by atoms with Crippen molar-refractivity contribution in [1.29, 1.82) is 0 Å². The molecule has 1 N–H and O–H groups in total. The van der Waals surface area contributed by atoms with Gasteiger partial charge in [0, 0.05) is 30.8 Å². The van der Waals surface area contributed by atoms with Crippen molar-refractivity contribution < 1.29 is 32.2 Å². The molecule has 0 radical (unpaired) electrons. The maximum absolute atomic E-state index is 13.0. The minimum absolute atomic E-state index is 0.0374. The molecule has 9 heteroatoms. The third kappa shape index (κ3) is 3.74. The summed E-state index contributed by atoms with van der Waals surface area (Å²) >= 11 is 0. The summed E-state index contributed by atoms with van der Waals surface area (Å²) in [5.74, 6) is -1.37. The lowest BCUT2D eigenvalue weighted by Gasteiger charge is -2.31. The summed E-state index contributed by atoms with van der Waals surface area (Å²) in [5.41, 5.74) is 0.611. The Kier molecular flexibility index (Phi) is 4.84. The monoisotopic (exact) mass is 398 g/mol. The zero-order valence-electron chi connectivity index (χ0n) is 15.1. The second kappa shape index (κ2) is 7.18. The standard InChI is InChI=1S/C19H21F3N2O4/c20-19(21,22)12-2-1-3-13(7-12)23-18(26)11-6-17(25)24(9-11)14-4-5-15-16(8-14)28-10-27-15/h4-5,8,11-13H,1-3,6-7,9-10H2,(H,23,26). The van der Waals surface area contributed by atoms with Gasteiger partial charge in [-0.3, -0.25) is 9.59 Å². The van der Waals surface area contributed by atoms with Crippen molar-refractivity contribution in [3.05, 3.63) is 18.2 Å². The van der Waals surface area contributed by atoms with Crippen molar-refractivity contribution in [2.24, 2.45) is 11.8 Å². The van der Waals surface area contributed by atoms with E-state index in [0.717, 1.165) is 0 Å². The molecule has 3 atom stereocenters. The van der Waals surface area contributed by atoms with E-state index >= 15 is 0 Å². The van der Waals surface area contributed by atoms with Crippen LogP contribution in [0.5, 0.6) is 11.5 Å². The first kappa shape index (κ1) is 18.9. The average molecular weight is 398 g/mol. The molecule has 1 aromatic rings. The molecule has 3 aliphatic rings. The van der Waals surface area contributed by atoms with Crippen molar-refractivity contribution >= 4 is 17.5 Å². The molecule has 2 fully saturated rings. The largest absolute Gasteiger partial charge is 0.454 e. The number of carbonyl (C=O) groups is 2. The number of halogens is 3. The molecule has 1 aromatic carbocycles. The van der Waals surface area contributed by atoms with E-state index in [1.165, 1.54) is 4.90 Å². The van der Waals surface area contributed by atoms with Crippen LogP contribution in [0.15, 0.2) is 18.2 Å². The summed E-state index contributed by atoms with van der Waals surface area (Å²) < 4.78 is 49.4. The van der Waals surface area contributed by atoms with Crippen LogP contribution in [0.1, 0.15) is 32.1 Å². The summed E-state index contributed by atoms with van der Waals surface area (Å²) in [7, 11) is 0. The first-order chi connectivity index (χ1) is 13.3. The van der Waals surface area contributed by atoms with Crippen molar-refractivity contribution in [3.63, 3.8) is 0 Å². The Balaban J connectivity index is 1.38. The second-order valence-corrected chi connectivity index (χ2v) is 7.55. The van der Waals surface area contributed by atoms with Gasteiger partial charge >= 0.3 is 6.18 Å². The van der Waals surface area contributed by atoms with Gasteiger partial charge in [-0.15, -0.1) is 0 Å². The maximum Gasteiger partial charge on any atom is 0.391 e. The number of hydrogen-bond acceptors (Lipinski definition) is 4. The topological polar surface area (TPSA) is 67.9 Å². The van der Waals surface area contributed by atoms with Gasteiger partial charge < -0.3 is 19.7 Å². The van der Waals surface area contributed by atoms with Crippen LogP contribution in [-0.4, -0.2) is 37.4 Å². The van der Waals surface area contributed by atoms with Gasteiger partial charge in [-0.2, -0.15) is 13.2 Å². The highest BCUT2D eigenvalue weighted by atomic mass is 19.4. The summed E-state index contributed by atoms with van der Waals surface area (Å²) in [5, 5.41) is 2.73. The quantitative estimate of drug-likeness (QED) is 0.850. The average Bonchev–Trinajstić information content (AvgIpc) is 3.27. The Bertz CT molecular complexity index is 783. The zero-order valence-corrected chi connectivity index (χ0v) is 15.1. The molecule has 2 amide bonds. The Morgan fingerprint density at radius 1 is 1.18 bits per heavy atom. The minimum Gasteiger partial charge on any atom is -0.454 e. The molecular weight excluding hydrogens is 377 g/mol. The van der Waals surface area contributed by atoms with Crippen molar-refractivity contribution in [2.45, 2.75) is 44.3 Å². The molecule has 6 nitrogen and oxygen atoms in total. The lowest BCUT2D eigenvalue weighted by molar-refractivity contribution is -0.184. The van der Waals surface area contributed by atoms with E-state index in [0.29, 0.717) is 30.0 Å². The molecule has 152 valence electrons. The predicted molar refractivity (Wildman–Crippen MR) is 93.0 cm³/mol. The van der Waals surface area contributed by atoms with Gasteiger partial charge in [-0.05, 0) is 31.4 Å². The van der Waals surface area contributed by atoms with E-state index in [1.807, 2.05) is 0 Å². The highest BCUT2D eigenvalue weighted by Gasteiger charge is 2.43. The van der Waals surface area contributed by atoms with Gasteiger partial charge in [0.2, 0.25) is 18.6 Å². The molecule has 4 rings (SSSR count). The Labute approximate surface area is 160 Å². The Hall–Kier alpha value is -2.45. The van der Waals surface area contributed by atoms with Gasteiger partial charge in [0.15, 0.2) is 11.5 Å². The van der Waals surface area contributed by atoms with Crippen molar-refractivity contribution in [3.8, 4) is 11.5 Å². The van der Waals surface area contributed by atoms with E-state index in [9.17, 15) is 22.8 Å². The number of alkyl halides is 3. The molecular formula is C19H21F3N2O4. The molecule has 3 unspecified atom stereocenters. The van der Waals surface area contributed by atoms with Gasteiger partial charge in [0.25, 0.3) is 0 Å². The summed E-state index contributed by atoms with van der Waals surface area (Å²) in [6, 6.07) is 4.62. The van der Waals surface area contributed by atoms with Gasteiger partial charge in [-0.25, -0.2) is 0 Å². The predicted octanol–water partition coefficient (Wildman–Crippen LogP) is 3.01. The normalized spacial score (nSPS) is 27.2. The van der Waals surface area contributed by atoms with Crippen LogP contribution in [0, 0.1) is 11.8 Å². The number of benzene rings is 1. The SMILES string of the molecule is O=C(NC1CCCC(C(F)(F)F)C1)C1CC(=O)N(c2ccc3c(c2)OCO3)C1. The number of carbonyl (C=O) groups excluding carboxylic acids is 2. The minimum atomic E-state index is -4.23. The van der Waals surface area contributed by atoms with E-state index in [4.69, 9.17) is 9.47 Å². The van der Waals surface area contributed by atoms with Gasteiger partial charge in [0.05, 0.1) is 11.8 Å². The molecule has 2 heterocycles. The second-order valence-electron chi connectivity index (χ2n) is 7.55. The maximum atomic E-state index is 13.0. The fraction of sp³-hybridized carbons (Fsp3) is 0.579. The molecule has 1 saturated heterocycles. The van der Waals surface area contributed by atoms with Crippen LogP contribution in [0.25, 0.3) is 0 Å². The van der Waals surface area contributed by atoms with E-state index in [2.05, 4.69) is 5.32 Å². The highest BCUT2D eigenvalue weighted by Crippen LogP contribution is 2.39. The van der Waals surface area contributed by atoms with Crippen LogP contribution >= 0.6 is 0 Å². The highest BCUT2D eigenvalue weighted by molar-refractivity contribution is 6.00. The number of nitrogens with zero attached hydrogens (tertiary/aromatic N) is 1. The van der Waals surface area contributed by atoms with Gasteiger partial charge in [-0.1, -0.05) is 6.42 Å². The fourth-order valence-electron chi connectivity index (χ4n) is 4.12. The number of hydrogen-bond donors (Lipinski definition) is 1. The summed E-state index contributed by atoms with van der Waals surface area (Å²) in [6.45, 7) is 0.317. The van der Waals surface area contributed by atoms with E-state index < -0.39 is 24.1 Å². The number of rotatable bonds is 3. The molecule has 0 bridgehead atoms. The van der Waals surface area contributed by atoms with Crippen LogP contribution < -0.4 is 19.7 Å². The van der Waals surface area contributed by atoms with Crippen molar-refractivity contribution in [1.82, 2.24) is 5.32 Å². The fourth-order valence-corrected chi connectivity index (χ4v) is 4.12. The summed E-state index contributed by atoms with van der Waals surface area (Å²) in [4.78, 5) is 26.5. The van der Waals surface area contributed by atoms with Crippen LogP contribution in [0.4, 0.5) is 18.9 Å². The zero-order chi connectivity index (χ0) is 19.9. The van der Waals surface area contributed by atoms with E-state index in [1.54, 1.807) is 18.2 Å². The molecule has 0 aromatic heterocycles. The van der Waals surface area contributed by atoms with Crippen LogP contribution in [-0.2, 0) is 9.59 Å². The van der Waals surface area contributed by atoms with Crippen LogP contribution in [0.2, 0.25) is 0 Å². The lowest BCUT2D eigenvalue weighted by Crippen LogP contribution is -2.44. The number of amides is 2. The molecule has 0 spiro atoms. The first-order valence-corrected chi connectivity index (χ1v) is 9.38. The first-order valence-electron chi connectivity index (χ1n) is 9.38. The van der Waals surface area contributed by atoms with Crippen molar-refractivity contribution in [2.75, 3.05) is 18.2 Å². The Morgan fingerprint density at radius 2 is 1.96 bits per heavy atom. The lowest BCUT2D eigenvalue weighted by atomic mass is 9.85. The third-order valence-electron chi connectivity index (χ3n) is 5.65. The molecule has 1 saturated carbocycles.